The van der Waals surface area contributed by atoms with Gasteiger partial charge in [-0.15, -0.1) is 0 Å². The van der Waals surface area contributed by atoms with Crippen LogP contribution in [0.4, 0.5) is 0 Å². The molecule has 166 valence electrons. The molecule has 0 atom stereocenters. The summed E-state index contributed by atoms with van der Waals surface area (Å²) in [5.41, 5.74) is 6.86. The van der Waals surface area contributed by atoms with Gasteiger partial charge in [-0.05, 0) is 74.1 Å². The van der Waals surface area contributed by atoms with Crippen molar-refractivity contribution in [3.8, 4) is 33.8 Å². The van der Waals surface area contributed by atoms with E-state index in [1.807, 2.05) is 73.5 Å². The van der Waals surface area contributed by atoms with Crippen molar-refractivity contribution in [2.45, 2.75) is 12.8 Å². The number of pyridine rings is 1. The minimum absolute atomic E-state index is 0.226. The summed E-state index contributed by atoms with van der Waals surface area (Å²) in [4.78, 5) is 18.3. The number of benzene rings is 2. The number of carbonyl (C=O) groups is 1. The van der Waals surface area contributed by atoms with Crippen LogP contribution in [0.15, 0.2) is 73.2 Å². The number of Topliss-reactive ketones (excluding diaryl/α,β-unsaturated/α-hetero) is 1. The Kier molecular flexibility index (Phi) is 5.75. The number of nitrogens with zero attached hydrogens (tertiary/aromatic N) is 4. The predicted molar refractivity (Wildman–Crippen MR) is 129 cm³/mol. The Hall–Kier alpha value is -3.77. The van der Waals surface area contributed by atoms with Crippen molar-refractivity contribution in [2.75, 3.05) is 27.2 Å². The van der Waals surface area contributed by atoms with Crippen molar-refractivity contribution in [3.05, 3.63) is 84.3 Å². The van der Waals surface area contributed by atoms with Crippen LogP contribution in [-0.2, 0) is 6.42 Å². The van der Waals surface area contributed by atoms with Gasteiger partial charge < -0.3 is 9.64 Å². The van der Waals surface area contributed by atoms with E-state index in [4.69, 9.17) is 9.84 Å². The van der Waals surface area contributed by atoms with Gasteiger partial charge in [-0.2, -0.15) is 5.10 Å². The van der Waals surface area contributed by atoms with Gasteiger partial charge in [-0.25, -0.2) is 4.68 Å². The largest absolute Gasteiger partial charge is 0.492 e. The predicted octanol–water partition coefficient (Wildman–Crippen LogP) is 4.67. The highest BCUT2D eigenvalue weighted by molar-refractivity contribution is 6.01. The molecule has 6 nitrogen and oxygen atoms in total. The lowest BCUT2D eigenvalue weighted by Gasteiger charge is -2.11. The second-order valence-electron chi connectivity index (χ2n) is 8.51. The molecular weight excluding hydrogens is 412 g/mol. The van der Waals surface area contributed by atoms with Crippen LogP contribution in [0.5, 0.6) is 5.75 Å². The topological polar surface area (TPSA) is 60.2 Å². The van der Waals surface area contributed by atoms with E-state index in [0.717, 1.165) is 57.9 Å². The zero-order chi connectivity index (χ0) is 22.8. The Labute approximate surface area is 193 Å². The van der Waals surface area contributed by atoms with Crippen molar-refractivity contribution in [1.29, 1.82) is 0 Å². The van der Waals surface area contributed by atoms with Gasteiger partial charge in [0.1, 0.15) is 18.1 Å². The summed E-state index contributed by atoms with van der Waals surface area (Å²) < 4.78 is 7.72. The molecule has 0 radical (unpaired) electrons. The molecule has 6 heteroatoms. The molecule has 2 aromatic heterocycles. The van der Waals surface area contributed by atoms with Gasteiger partial charge in [-0.3, -0.25) is 9.78 Å². The molecular formula is C27H26N4O2. The average Bonchev–Trinajstić information content (AvgIpc) is 3.44. The van der Waals surface area contributed by atoms with Gasteiger partial charge in [0, 0.05) is 48.2 Å². The van der Waals surface area contributed by atoms with Crippen LogP contribution >= 0.6 is 0 Å². The Balaban J connectivity index is 1.50. The highest BCUT2D eigenvalue weighted by Crippen LogP contribution is 2.34. The first-order valence-electron chi connectivity index (χ1n) is 11.1. The number of hydrogen-bond donors (Lipinski definition) is 0. The monoisotopic (exact) mass is 438 g/mol. The van der Waals surface area contributed by atoms with E-state index in [1.54, 1.807) is 12.4 Å². The molecule has 2 aromatic carbocycles. The van der Waals surface area contributed by atoms with Crippen LogP contribution in [0.1, 0.15) is 22.3 Å². The lowest BCUT2D eigenvalue weighted by atomic mass is 9.99. The zero-order valence-electron chi connectivity index (χ0n) is 18.9. The van der Waals surface area contributed by atoms with Gasteiger partial charge in [-0.1, -0.05) is 12.1 Å². The van der Waals surface area contributed by atoms with Crippen LogP contribution in [0.3, 0.4) is 0 Å². The molecule has 4 aromatic rings. The molecule has 1 aliphatic carbocycles. The molecule has 2 heterocycles. The van der Waals surface area contributed by atoms with Gasteiger partial charge in [0.05, 0.1) is 5.69 Å². The van der Waals surface area contributed by atoms with Crippen molar-refractivity contribution in [1.82, 2.24) is 19.7 Å². The first kappa shape index (κ1) is 21.1. The van der Waals surface area contributed by atoms with E-state index in [-0.39, 0.29) is 5.78 Å². The van der Waals surface area contributed by atoms with Gasteiger partial charge in [0.2, 0.25) is 0 Å². The number of hydrogen-bond acceptors (Lipinski definition) is 5. The van der Waals surface area contributed by atoms with Crippen molar-refractivity contribution in [2.24, 2.45) is 0 Å². The maximum atomic E-state index is 12.1. The SMILES string of the molecule is CN(C)CCOc1ccc(-n2cc(-c3ccncc3)c(-c3ccc4c(c3)CCC4=O)n2)cc1. The molecule has 5 rings (SSSR count). The second kappa shape index (κ2) is 9.00. The number of aryl methyl sites for hydroxylation is 1. The highest BCUT2D eigenvalue weighted by Gasteiger charge is 2.21. The molecule has 0 bridgehead atoms. The summed E-state index contributed by atoms with van der Waals surface area (Å²) in [7, 11) is 4.06. The first-order valence-corrected chi connectivity index (χ1v) is 11.1. The third-order valence-electron chi connectivity index (χ3n) is 5.91. The van der Waals surface area contributed by atoms with Crippen LogP contribution in [-0.4, -0.2) is 52.7 Å². The number of rotatable bonds is 7. The number of carbonyl (C=O) groups excluding carboxylic acids is 1. The fourth-order valence-electron chi connectivity index (χ4n) is 4.11. The fourth-order valence-corrected chi connectivity index (χ4v) is 4.11. The van der Waals surface area contributed by atoms with Crippen molar-refractivity contribution in [3.63, 3.8) is 0 Å². The molecule has 0 fully saturated rings. The number of fused-ring (bicyclic) bond motifs is 1. The van der Waals surface area contributed by atoms with Crippen LogP contribution in [0.25, 0.3) is 28.1 Å². The third kappa shape index (κ3) is 4.43. The Morgan fingerprint density at radius 1 is 0.939 bits per heavy atom. The number of ketones is 1. The zero-order valence-corrected chi connectivity index (χ0v) is 18.9. The Morgan fingerprint density at radius 2 is 1.73 bits per heavy atom. The van der Waals surface area contributed by atoms with Crippen molar-refractivity contribution < 1.29 is 9.53 Å². The number of ether oxygens (including phenoxy) is 1. The maximum Gasteiger partial charge on any atom is 0.163 e. The minimum Gasteiger partial charge on any atom is -0.492 e. The second-order valence-corrected chi connectivity index (χ2v) is 8.51. The van der Waals surface area contributed by atoms with Crippen LogP contribution in [0.2, 0.25) is 0 Å². The summed E-state index contributed by atoms with van der Waals surface area (Å²) in [5, 5.41) is 4.95. The van der Waals surface area contributed by atoms with E-state index in [1.165, 1.54) is 0 Å². The maximum absolute atomic E-state index is 12.1. The quantitative estimate of drug-likeness (QED) is 0.420. The summed E-state index contributed by atoms with van der Waals surface area (Å²) in [6.45, 7) is 1.51. The standard InChI is InChI=1S/C27H26N4O2/c1-30(2)15-16-33-23-7-5-22(6-8-23)31-18-25(19-11-13-28-14-12-19)27(29-31)21-3-9-24-20(17-21)4-10-26(24)32/h3,5-9,11-14,17-18H,4,10,15-16H2,1-2H3. The average molecular weight is 439 g/mol. The minimum atomic E-state index is 0.226. The first-order chi connectivity index (χ1) is 16.1. The van der Waals surface area contributed by atoms with Crippen molar-refractivity contribution >= 4 is 5.78 Å². The highest BCUT2D eigenvalue weighted by atomic mass is 16.5. The summed E-state index contributed by atoms with van der Waals surface area (Å²) >= 11 is 0. The molecule has 0 amide bonds. The van der Waals surface area contributed by atoms with E-state index in [0.29, 0.717) is 13.0 Å². The molecule has 1 aliphatic rings. The molecule has 0 saturated heterocycles. The lowest BCUT2D eigenvalue weighted by molar-refractivity contribution is 0.0994. The fraction of sp³-hybridized carbons (Fsp3) is 0.222. The summed E-state index contributed by atoms with van der Waals surface area (Å²) in [6, 6.07) is 18.0. The molecule has 0 unspecified atom stereocenters. The Bertz CT molecular complexity index is 1280. The summed E-state index contributed by atoms with van der Waals surface area (Å²) in [5.74, 6) is 1.06. The smallest absolute Gasteiger partial charge is 0.163 e. The Morgan fingerprint density at radius 3 is 2.48 bits per heavy atom. The van der Waals surface area contributed by atoms with E-state index >= 15 is 0 Å². The molecule has 0 spiro atoms. The van der Waals surface area contributed by atoms with E-state index in [2.05, 4.69) is 16.0 Å². The number of likely N-dealkylation sites (N-methyl/N-ethyl adjacent to an activating group) is 1. The van der Waals surface area contributed by atoms with Gasteiger partial charge in [0.25, 0.3) is 0 Å². The van der Waals surface area contributed by atoms with E-state index < -0.39 is 0 Å². The van der Waals surface area contributed by atoms with Gasteiger partial charge in [0.15, 0.2) is 5.78 Å². The summed E-state index contributed by atoms with van der Waals surface area (Å²) in [6.07, 6.45) is 7.01. The molecule has 0 N–H and O–H groups in total. The lowest BCUT2D eigenvalue weighted by Crippen LogP contribution is -2.19. The van der Waals surface area contributed by atoms with E-state index in [9.17, 15) is 4.79 Å². The van der Waals surface area contributed by atoms with Crippen LogP contribution < -0.4 is 4.74 Å². The normalized spacial score (nSPS) is 12.9. The molecule has 0 aliphatic heterocycles. The van der Waals surface area contributed by atoms with Gasteiger partial charge >= 0.3 is 0 Å². The molecule has 33 heavy (non-hydrogen) atoms. The molecule has 0 saturated carbocycles. The third-order valence-corrected chi connectivity index (χ3v) is 5.91. The van der Waals surface area contributed by atoms with Crippen LogP contribution in [0, 0.1) is 0 Å². The number of aromatic nitrogens is 3.